The SMILES string of the molecule is CCC[PH](=O)[O-].CCC[PH](=O)[O-].[CH3][Al+2]. The molecule has 0 saturated carbocycles. The summed E-state index contributed by atoms with van der Waals surface area (Å²) in [5.41, 5.74) is 0. The molecule has 0 rings (SSSR count). The summed E-state index contributed by atoms with van der Waals surface area (Å²) < 4.78 is 19.3. The van der Waals surface area contributed by atoms with E-state index in [1.807, 2.05) is 19.6 Å². The molecule has 0 spiro atoms. The topological polar surface area (TPSA) is 80.3 Å². The maximum atomic E-state index is 9.67. The van der Waals surface area contributed by atoms with Crippen LogP contribution < -0.4 is 9.79 Å². The molecule has 0 bridgehead atoms. The summed E-state index contributed by atoms with van der Waals surface area (Å²) in [6.45, 7) is 3.70. The summed E-state index contributed by atoms with van der Waals surface area (Å²) in [5.74, 6) is 1.92. The van der Waals surface area contributed by atoms with Crippen molar-refractivity contribution in [2.24, 2.45) is 0 Å². The maximum absolute atomic E-state index is 9.67. The first-order valence-corrected chi connectivity index (χ1v) is 8.72. The second-order valence-corrected chi connectivity index (χ2v) is 4.73. The first-order valence-electron chi connectivity index (χ1n) is 4.52. The molecule has 0 amide bonds. The average Bonchev–Trinajstić information content (AvgIpc) is 2.08. The van der Waals surface area contributed by atoms with Crippen molar-refractivity contribution in [3.05, 3.63) is 0 Å². The summed E-state index contributed by atoms with van der Waals surface area (Å²) >= 11 is 2.42. The minimum absolute atomic E-state index is 0.366. The Kier molecular flexibility index (Phi) is 28.3. The fourth-order valence-corrected chi connectivity index (χ4v) is 1.22. The fraction of sp³-hybridized carbons (Fsp3) is 1.00. The van der Waals surface area contributed by atoms with Gasteiger partial charge in [-0.15, -0.1) is 0 Å². The molecule has 0 aliphatic carbocycles. The van der Waals surface area contributed by atoms with Crippen LogP contribution in [0.1, 0.15) is 26.7 Å². The molecular weight excluding hydrogens is 237 g/mol. The molecule has 0 aromatic rings. The van der Waals surface area contributed by atoms with Crippen LogP contribution in [0.3, 0.4) is 0 Å². The average molecular weight is 256 g/mol. The van der Waals surface area contributed by atoms with E-state index >= 15 is 0 Å². The van der Waals surface area contributed by atoms with Gasteiger partial charge in [-0.1, -0.05) is 26.7 Å². The standard InChI is InChI=1S/2C3H9O2P.CH3.Al/c2*1-2-3-6(4)5;;/h2*6H,2-3H2,1H3,(H,4,5);1H3;/q;;;+2/p-2. The molecule has 0 aliphatic heterocycles. The van der Waals surface area contributed by atoms with E-state index in [2.05, 4.69) is 16.3 Å². The van der Waals surface area contributed by atoms with Gasteiger partial charge in [-0.2, -0.15) is 0 Å². The zero-order valence-electron chi connectivity index (χ0n) is 9.04. The van der Waals surface area contributed by atoms with Gasteiger partial charge in [0.1, 0.15) is 0 Å². The van der Waals surface area contributed by atoms with E-state index in [0.29, 0.717) is 12.3 Å². The van der Waals surface area contributed by atoms with E-state index in [9.17, 15) is 18.9 Å². The third-order valence-electron chi connectivity index (χ3n) is 0.908. The Hall–Kier alpha value is 0.912. The van der Waals surface area contributed by atoms with Gasteiger partial charge in [-0.05, 0) is 12.3 Å². The third kappa shape index (κ3) is 38.3. The molecule has 0 aromatic carbocycles. The van der Waals surface area contributed by atoms with Crippen molar-refractivity contribution in [3.63, 3.8) is 0 Å². The molecule has 84 valence electrons. The van der Waals surface area contributed by atoms with Crippen LogP contribution in [0.25, 0.3) is 0 Å². The summed E-state index contributed by atoms with van der Waals surface area (Å²) in [6.07, 6.45) is 2.23. The molecule has 4 nitrogen and oxygen atoms in total. The van der Waals surface area contributed by atoms with Gasteiger partial charge in [-0.25, -0.2) is 0 Å². The molecule has 0 heterocycles. The Balaban J connectivity index is -0.000000147. The molecular formula is C7H19AlO4P2. The molecule has 2 atom stereocenters. The molecule has 0 aromatic heterocycles. The van der Waals surface area contributed by atoms with Gasteiger partial charge < -0.3 is 18.9 Å². The fourth-order valence-electron chi connectivity index (χ4n) is 0.408. The second-order valence-electron chi connectivity index (χ2n) is 2.24. The van der Waals surface area contributed by atoms with Crippen molar-refractivity contribution in [2.75, 3.05) is 12.3 Å². The Labute approximate surface area is 96.3 Å². The van der Waals surface area contributed by atoms with Crippen molar-refractivity contribution in [3.8, 4) is 0 Å². The van der Waals surface area contributed by atoms with Gasteiger partial charge in [-0.3, -0.25) is 0 Å². The molecule has 0 fully saturated rings. The molecule has 7 heteroatoms. The number of hydrogen-bond acceptors (Lipinski definition) is 4. The first-order chi connectivity index (χ1) is 6.54. The van der Waals surface area contributed by atoms with Crippen LogP contribution in [0.15, 0.2) is 0 Å². The van der Waals surface area contributed by atoms with Crippen LogP contribution in [0.2, 0.25) is 5.79 Å². The van der Waals surface area contributed by atoms with Crippen LogP contribution in [-0.2, 0) is 9.13 Å². The minimum atomic E-state index is -2.39. The zero-order chi connectivity index (χ0) is 12.0. The molecule has 0 aliphatic rings. The molecule has 14 heavy (non-hydrogen) atoms. The predicted octanol–water partition coefficient (Wildman–Crippen LogP) is 0.666. The van der Waals surface area contributed by atoms with Crippen LogP contribution >= 0.6 is 16.1 Å². The van der Waals surface area contributed by atoms with Crippen molar-refractivity contribution in [1.82, 2.24) is 0 Å². The Morgan fingerprint density at radius 1 is 0.929 bits per heavy atom. The van der Waals surface area contributed by atoms with Crippen molar-refractivity contribution < 1.29 is 18.9 Å². The van der Waals surface area contributed by atoms with Gasteiger partial charge in [0.2, 0.25) is 0 Å². The van der Waals surface area contributed by atoms with Gasteiger partial charge in [0.15, 0.2) is 0 Å². The van der Waals surface area contributed by atoms with Crippen LogP contribution in [-0.4, -0.2) is 28.6 Å². The van der Waals surface area contributed by atoms with E-state index in [1.165, 1.54) is 0 Å². The summed E-state index contributed by atoms with van der Waals surface area (Å²) in [7, 11) is -4.77. The summed E-state index contributed by atoms with van der Waals surface area (Å²) in [6, 6.07) is 0. The first kappa shape index (κ1) is 20.3. The normalized spacial score (nSPS) is 12.8. The third-order valence-corrected chi connectivity index (χ3v) is 2.72. The van der Waals surface area contributed by atoms with Gasteiger partial charge >= 0.3 is 22.1 Å². The Morgan fingerprint density at radius 2 is 1.14 bits per heavy atom. The van der Waals surface area contributed by atoms with E-state index in [1.54, 1.807) is 0 Å². The molecule has 0 N–H and O–H groups in total. The van der Waals surface area contributed by atoms with E-state index in [0.717, 1.165) is 12.8 Å². The van der Waals surface area contributed by atoms with E-state index in [4.69, 9.17) is 0 Å². The van der Waals surface area contributed by atoms with Crippen molar-refractivity contribution in [2.45, 2.75) is 32.5 Å². The molecule has 0 radical (unpaired) electrons. The summed E-state index contributed by atoms with van der Waals surface area (Å²) in [4.78, 5) is 19.3. The predicted molar refractivity (Wildman–Crippen MR) is 59.9 cm³/mol. The van der Waals surface area contributed by atoms with Crippen LogP contribution in [0.4, 0.5) is 0 Å². The summed E-state index contributed by atoms with van der Waals surface area (Å²) in [5, 5.41) is 0. The Bertz CT molecular complexity index is 128. The van der Waals surface area contributed by atoms with Gasteiger partial charge in [0, 0.05) is 16.1 Å². The quantitative estimate of drug-likeness (QED) is 0.546. The van der Waals surface area contributed by atoms with Crippen LogP contribution in [0.5, 0.6) is 0 Å². The van der Waals surface area contributed by atoms with Crippen molar-refractivity contribution in [1.29, 1.82) is 0 Å². The van der Waals surface area contributed by atoms with E-state index < -0.39 is 16.1 Å². The van der Waals surface area contributed by atoms with Gasteiger partial charge in [0.05, 0.1) is 0 Å². The molecule has 2 unspecified atom stereocenters. The zero-order valence-corrected chi connectivity index (χ0v) is 12.2. The van der Waals surface area contributed by atoms with Crippen molar-refractivity contribution >= 4 is 32.3 Å². The Morgan fingerprint density at radius 3 is 1.14 bits per heavy atom. The van der Waals surface area contributed by atoms with Crippen LogP contribution in [0, 0.1) is 0 Å². The monoisotopic (exact) mass is 256 g/mol. The van der Waals surface area contributed by atoms with E-state index in [-0.39, 0.29) is 0 Å². The molecule has 0 saturated heterocycles. The number of rotatable bonds is 4. The number of hydrogen-bond donors (Lipinski definition) is 0. The second kappa shape index (κ2) is 19.5. The van der Waals surface area contributed by atoms with Gasteiger partial charge in [0.25, 0.3) is 0 Å².